The molecule has 0 aromatic heterocycles. The first-order chi connectivity index (χ1) is 8.33. The number of non-ortho nitro benzene ring substituents is 1. The molecule has 0 unspecified atom stereocenters. The van der Waals surface area contributed by atoms with Crippen molar-refractivity contribution in [3.8, 4) is 0 Å². The molecule has 8 heteroatoms. The zero-order valence-corrected chi connectivity index (χ0v) is 10.8. The maximum absolute atomic E-state index is 11.7. The third-order valence-corrected chi connectivity index (χ3v) is 3.14. The van der Waals surface area contributed by atoms with Crippen molar-refractivity contribution in [2.45, 2.75) is 18.7 Å². The molecule has 0 fully saturated rings. The molecule has 0 radical (unpaired) electrons. The molecular weight excluding hydrogens is 260 g/mol. The van der Waals surface area contributed by atoms with Crippen LogP contribution in [0.3, 0.4) is 0 Å². The number of benzene rings is 1. The van der Waals surface area contributed by atoms with Gasteiger partial charge < -0.3 is 0 Å². The van der Waals surface area contributed by atoms with Crippen LogP contribution in [0.5, 0.6) is 0 Å². The van der Waals surface area contributed by atoms with Gasteiger partial charge in [-0.15, -0.1) is 0 Å². The van der Waals surface area contributed by atoms with Gasteiger partial charge in [-0.1, -0.05) is 24.8 Å². The van der Waals surface area contributed by atoms with E-state index in [9.17, 15) is 18.5 Å². The van der Waals surface area contributed by atoms with Crippen LogP contribution in [-0.4, -0.2) is 19.9 Å². The van der Waals surface area contributed by atoms with Crippen molar-refractivity contribution in [1.82, 2.24) is 4.89 Å². The Morgan fingerprint density at radius 3 is 2.67 bits per heavy atom. The Labute approximate surface area is 105 Å². The molecule has 0 aliphatic heterocycles. The minimum atomic E-state index is -3.89. The van der Waals surface area contributed by atoms with Gasteiger partial charge in [0, 0.05) is 12.1 Å². The Morgan fingerprint density at radius 1 is 1.44 bits per heavy atom. The Bertz CT molecular complexity index is 527. The molecule has 18 heavy (non-hydrogen) atoms. The topological polar surface area (TPSA) is 98.5 Å². The lowest BCUT2D eigenvalue weighted by molar-refractivity contribution is -0.385. The predicted molar refractivity (Wildman–Crippen MR) is 64.2 cm³/mol. The van der Waals surface area contributed by atoms with E-state index in [-0.39, 0.29) is 23.1 Å². The minimum Gasteiger partial charge on any atom is -0.287 e. The highest BCUT2D eigenvalue weighted by Crippen LogP contribution is 2.17. The van der Waals surface area contributed by atoms with Crippen LogP contribution < -0.4 is 4.89 Å². The van der Waals surface area contributed by atoms with E-state index < -0.39 is 14.9 Å². The fourth-order valence-electron chi connectivity index (χ4n) is 1.09. The average Bonchev–Trinajstić information content (AvgIpc) is 2.28. The van der Waals surface area contributed by atoms with Gasteiger partial charge in [0.15, 0.2) is 0 Å². The summed E-state index contributed by atoms with van der Waals surface area (Å²) in [6.45, 7) is 3.94. The Balaban J connectivity index is 2.85. The van der Waals surface area contributed by atoms with E-state index >= 15 is 0 Å². The third-order valence-electron chi connectivity index (χ3n) is 1.92. The number of nitrogens with zero attached hydrogens (tertiary/aromatic N) is 1. The molecule has 1 rings (SSSR count). The smallest absolute Gasteiger partial charge is 0.270 e. The molecule has 0 aliphatic carbocycles. The number of nitro groups is 1. The molecule has 1 N–H and O–H groups in total. The number of rotatable bonds is 6. The van der Waals surface area contributed by atoms with Crippen molar-refractivity contribution in [2.24, 2.45) is 5.92 Å². The summed E-state index contributed by atoms with van der Waals surface area (Å²) in [7, 11) is -3.89. The second-order valence-corrected chi connectivity index (χ2v) is 5.69. The minimum absolute atomic E-state index is 0.165. The number of hydrogen-bond acceptors (Lipinski definition) is 5. The molecule has 7 nitrogen and oxygen atoms in total. The quantitative estimate of drug-likeness (QED) is 0.625. The van der Waals surface area contributed by atoms with Gasteiger partial charge in [0.1, 0.15) is 0 Å². The standard InChI is InChI=1S/C10H14N2O5S/c1-8(2)7-17-11-18(15,16)10-5-3-4-9(6-10)12(13)14/h3-6,8,11H,7H2,1-2H3. The van der Waals surface area contributed by atoms with Crippen molar-refractivity contribution in [2.75, 3.05) is 6.61 Å². The molecule has 0 saturated heterocycles. The van der Waals surface area contributed by atoms with Gasteiger partial charge in [0.05, 0.1) is 16.4 Å². The molecule has 1 aromatic carbocycles. The zero-order valence-electron chi connectivity index (χ0n) is 9.99. The summed E-state index contributed by atoms with van der Waals surface area (Å²) >= 11 is 0. The van der Waals surface area contributed by atoms with Crippen molar-refractivity contribution in [1.29, 1.82) is 0 Å². The number of hydrogen-bond donors (Lipinski definition) is 1. The fourth-order valence-corrected chi connectivity index (χ4v) is 1.94. The molecular formula is C10H14N2O5S. The summed E-state index contributed by atoms with van der Waals surface area (Å²) in [5.41, 5.74) is -0.290. The van der Waals surface area contributed by atoms with E-state index in [0.717, 1.165) is 6.07 Å². The number of nitrogens with one attached hydrogen (secondary N) is 1. The van der Waals surface area contributed by atoms with Crippen LogP contribution in [0.25, 0.3) is 0 Å². The van der Waals surface area contributed by atoms with E-state index in [2.05, 4.69) is 0 Å². The van der Waals surface area contributed by atoms with Crippen molar-refractivity contribution >= 4 is 15.7 Å². The van der Waals surface area contributed by atoms with Crippen LogP contribution in [0, 0.1) is 16.0 Å². The molecule has 0 atom stereocenters. The van der Waals surface area contributed by atoms with Gasteiger partial charge in [0.25, 0.3) is 15.7 Å². The summed E-state index contributed by atoms with van der Waals surface area (Å²) in [5, 5.41) is 10.5. The summed E-state index contributed by atoms with van der Waals surface area (Å²) in [6, 6.07) is 4.75. The third kappa shape index (κ3) is 4.06. The van der Waals surface area contributed by atoms with Crippen LogP contribution in [0.2, 0.25) is 0 Å². The summed E-state index contributed by atoms with van der Waals surface area (Å²) in [6.07, 6.45) is 0. The van der Waals surface area contributed by atoms with Crippen LogP contribution in [0.1, 0.15) is 13.8 Å². The zero-order chi connectivity index (χ0) is 13.8. The van der Waals surface area contributed by atoms with Gasteiger partial charge in [-0.25, -0.2) is 8.42 Å². The fraction of sp³-hybridized carbons (Fsp3) is 0.400. The van der Waals surface area contributed by atoms with Crippen LogP contribution in [0.15, 0.2) is 29.2 Å². The van der Waals surface area contributed by atoms with Crippen LogP contribution >= 0.6 is 0 Å². The van der Waals surface area contributed by atoms with E-state index in [4.69, 9.17) is 4.84 Å². The molecule has 0 amide bonds. The van der Waals surface area contributed by atoms with Crippen molar-refractivity contribution in [3.63, 3.8) is 0 Å². The second-order valence-electron chi connectivity index (χ2n) is 4.05. The molecule has 0 aliphatic rings. The van der Waals surface area contributed by atoms with Gasteiger partial charge in [-0.3, -0.25) is 15.0 Å². The average molecular weight is 274 g/mol. The SMILES string of the molecule is CC(C)CONS(=O)(=O)c1cccc([N+](=O)[O-])c1. The van der Waals surface area contributed by atoms with Crippen molar-refractivity contribution in [3.05, 3.63) is 34.4 Å². The highest BCUT2D eigenvalue weighted by Gasteiger charge is 2.17. The Hall–Kier alpha value is -1.51. The number of nitro benzene ring substituents is 1. The highest BCUT2D eigenvalue weighted by molar-refractivity contribution is 7.89. The summed E-state index contributed by atoms with van der Waals surface area (Å²) < 4.78 is 23.5. The highest BCUT2D eigenvalue weighted by atomic mass is 32.2. The molecule has 0 saturated carbocycles. The largest absolute Gasteiger partial charge is 0.287 e. The first-order valence-corrected chi connectivity index (χ1v) is 6.69. The molecule has 0 spiro atoms. The monoisotopic (exact) mass is 274 g/mol. The summed E-state index contributed by atoms with van der Waals surface area (Å²) in [4.78, 5) is 16.4. The Morgan fingerprint density at radius 2 is 2.11 bits per heavy atom. The lowest BCUT2D eigenvalue weighted by atomic mass is 10.2. The molecule has 1 aromatic rings. The van der Waals surface area contributed by atoms with Gasteiger partial charge in [0.2, 0.25) is 0 Å². The molecule has 0 heterocycles. The van der Waals surface area contributed by atoms with Crippen LogP contribution in [-0.2, 0) is 14.9 Å². The van der Waals surface area contributed by atoms with Gasteiger partial charge in [-0.05, 0) is 12.0 Å². The van der Waals surface area contributed by atoms with Crippen LogP contribution in [0.4, 0.5) is 5.69 Å². The lowest BCUT2D eigenvalue weighted by Gasteiger charge is -2.08. The first-order valence-electron chi connectivity index (χ1n) is 5.21. The predicted octanol–water partition coefficient (Wildman–Crippen LogP) is 1.46. The van der Waals surface area contributed by atoms with Crippen molar-refractivity contribution < 1.29 is 18.2 Å². The lowest BCUT2D eigenvalue weighted by Crippen LogP contribution is -2.25. The van der Waals surface area contributed by atoms with E-state index in [0.29, 0.717) is 0 Å². The maximum Gasteiger partial charge on any atom is 0.270 e. The van der Waals surface area contributed by atoms with E-state index in [1.165, 1.54) is 18.2 Å². The molecule has 100 valence electrons. The van der Waals surface area contributed by atoms with Gasteiger partial charge >= 0.3 is 0 Å². The Kier molecular flexibility index (Phi) is 4.76. The maximum atomic E-state index is 11.7. The van der Waals surface area contributed by atoms with E-state index in [1.54, 1.807) is 0 Å². The van der Waals surface area contributed by atoms with Gasteiger partial charge in [-0.2, -0.15) is 0 Å². The first kappa shape index (κ1) is 14.6. The second kappa shape index (κ2) is 5.89. The number of sulfonamides is 1. The van der Waals surface area contributed by atoms with E-state index in [1.807, 2.05) is 18.7 Å². The molecule has 0 bridgehead atoms. The normalized spacial score (nSPS) is 11.7. The summed E-state index contributed by atoms with van der Waals surface area (Å²) in [5.74, 6) is 0.165.